The van der Waals surface area contributed by atoms with Crippen LogP contribution in [0.25, 0.3) is 0 Å². The lowest BCUT2D eigenvalue weighted by molar-refractivity contribution is -0.140. The van der Waals surface area contributed by atoms with Gasteiger partial charge in [-0.2, -0.15) is 0 Å². The smallest absolute Gasteiger partial charge is 0.326 e. The second-order valence-corrected chi connectivity index (χ2v) is 9.68. The summed E-state index contributed by atoms with van der Waals surface area (Å²) in [7, 11) is 0. The maximum atomic E-state index is 12.6. The molecule has 1 atom stereocenters. The molecule has 0 saturated heterocycles. The number of anilines is 1. The van der Waals surface area contributed by atoms with E-state index in [-0.39, 0.29) is 24.7 Å². The van der Waals surface area contributed by atoms with Gasteiger partial charge in [0.15, 0.2) is 0 Å². The lowest BCUT2D eigenvalue weighted by atomic mass is 9.79. The average molecular weight is 483 g/mol. The van der Waals surface area contributed by atoms with Crippen molar-refractivity contribution < 1.29 is 19.4 Å². The van der Waals surface area contributed by atoms with Crippen molar-refractivity contribution in [1.29, 1.82) is 0 Å². The number of rotatable bonds is 10. The van der Waals surface area contributed by atoms with E-state index in [1.165, 1.54) is 11.6 Å². The standard InChI is InChI=1S/C26H34N4O5/c1-15-12-22(31)28-16(2)23(15)25(32)30-21(26(33)34)9-11-35-20-13-17(14-20)5-7-19-8-6-18-4-3-10-27-24(18)29-19/h6,8,12,17,20-21H,3-5,7,9-11,13-14H2,1-2H3,(H,27,29)(H,28,31)(H,30,32)(H,33,34)/t17-,20+,21-/m0/s1. The van der Waals surface area contributed by atoms with Crippen LogP contribution in [0.2, 0.25) is 0 Å². The fourth-order valence-corrected chi connectivity index (χ4v) is 4.94. The molecule has 1 aliphatic heterocycles. The summed E-state index contributed by atoms with van der Waals surface area (Å²) in [6, 6.07) is 4.59. The van der Waals surface area contributed by atoms with Crippen LogP contribution in [-0.4, -0.2) is 52.2 Å². The van der Waals surface area contributed by atoms with Crippen LogP contribution in [0.15, 0.2) is 23.0 Å². The molecule has 0 unspecified atom stereocenters. The molecule has 1 saturated carbocycles. The summed E-state index contributed by atoms with van der Waals surface area (Å²) in [5.74, 6) is 0.0000191. The second-order valence-electron chi connectivity index (χ2n) is 9.68. The van der Waals surface area contributed by atoms with Gasteiger partial charge in [0, 0.05) is 37.0 Å². The fraction of sp³-hybridized carbons (Fsp3) is 0.538. The fourth-order valence-electron chi connectivity index (χ4n) is 4.94. The highest BCUT2D eigenvalue weighted by Gasteiger charge is 2.30. The minimum Gasteiger partial charge on any atom is -0.480 e. The molecule has 2 aromatic heterocycles. The summed E-state index contributed by atoms with van der Waals surface area (Å²) < 4.78 is 5.88. The number of fused-ring (bicyclic) bond motifs is 1. The molecule has 9 heteroatoms. The van der Waals surface area contributed by atoms with Crippen molar-refractivity contribution in [3.8, 4) is 0 Å². The molecule has 1 amide bonds. The van der Waals surface area contributed by atoms with Gasteiger partial charge in [0.2, 0.25) is 5.56 Å². The van der Waals surface area contributed by atoms with Crippen LogP contribution in [0.5, 0.6) is 0 Å². The van der Waals surface area contributed by atoms with Gasteiger partial charge < -0.3 is 25.5 Å². The van der Waals surface area contributed by atoms with Gasteiger partial charge in [0.25, 0.3) is 5.91 Å². The van der Waals surface area contributed by atoms with Gasteiger partial charge in [-0.1, -0.05) is 6.07 Å². The first-order valence-electron chi connectivity index (χ1n) is 12.4. The van der Waals surface area contributed by atoms with Gasteiger partial charge in [-0.3, -0.25) is 9.59 Å². The number of aryl methyl sites for hydroxylation is 4. The SMILES string of the molecule is Cc1cc(=O)[nH]c(C)c1C(=O)N[C@@H](CCO[C@H]1C[C@@H](CCc2ccc3c(n2)NCCC3)C1)C(=O)O. The van der Waals surface area contributed by atoms with Gasteiger partial charge in [0.1, 0.15) is 11.9 Å². The maximum Gasteiger partial charge on any atom is 0.326 e. The van der Waals surface area contributed by atoms with Gasteiger partial charge in [-0.05, 0) is 75.5 Å². The number of aromatic nitrogens is 2. The molecular formula is C26H34N4O5. The van der Waals surface area contributed by atoms with Crippen molar-refractivity contribution >= 4 is 17.7 Å². The molecule has 2 aliphatic rings. The third-order valence-electron chi connectivity index (χ3n) is 6.97. The Morgan fingerprint density at radius 2 is 2.09 bits per heavy atom. The van der Waals surface area contributed by atoms with E-state index < -0.39 is 17.9 Å². The minimum absolute atomic E-state index is 0.131. The van der Waals surface area contributed by atoms with Gasteiger partial charge in [0.05, 0.1) is 11.7 Å². The van der Waals surface area contributed by atoms with Crippen LogP contribution in [-0.2, 0) is 22.4 Å². The van der Waals surface area contributed by atoms with Crippen LogP contribution < -0.4 is 16.2 Å². The molecule has 1 aliphatic carbocycles. The molecule has 0 bridgehead atoms. The van der Waals surface area contributed by atoms with E-state index in [1.54, 1.807) is 13.8 Å². The zero-order valence-electron chi connectivity index (χ0n) is 20.4. The number of nitrogens with one attached hydrogen (secondary N) is 3. The number of carbonyl (C=O) groups is 2. The summed E-state index contributed by atoms with van der Waals surface area (Å²) in [4.78, 5) is 43.2. The average Bonchev–Trinajstić information content (AvgIpc) is 2.78. The van der Waals surface area contributed by atoms with E-state index >= 15 is 0 Å². The monoisotopic (exact) mass is 482 g/mol. The quantitative estimate of drug-likeness (QED) is 0.409. The van der Waals surface area contributed by atoms with Crippen molar-refractivity contribution in [3.63, 3.8) is 0 Å². The Kier molecular flexibility index (Phi) is 7.85. The summed E-state index contributed by atoms with van der Waals surface area (Å²) in [5, 5.41) is 15.5. The molecule has 4 rings (SSSR count). The largest absolute Gasteiger partial charge is 0.480 e. The first-order chi connectivity index (χ1) is 16.8. The number of aliphatic carboxylic acids is 1. The number of carbonyl (C=O) groups excluding carboxylic acids is 1. The predicted molar refractivity (Wildman–Crippen MR) is 132 cm³/mol. The number of nitrogens with zero attached hydrogens (tertiary/aromatic N) is 1. The highest BCUT2D eigenvalue weighted by atomic mass is 16.5. The lowest BCUT2D eigenvalue weighted by Crippen LogP contribution is -2.43. The Bertz CT molecular complexity index is 1110. The summed E-state index contributed by atoms with van der Waals surface area (Å²) in [6.45, 7) is 4.52. The van der Waals surface area contributed by atoms with Crippen molar-refractivity contribution in [2.75, 3.05) is 18.5 Å². The molecular weight excluding hydrogens is 448 g/mol. The third kappa shape index (κ3) is 6.28. The Morgan fingerprint density at radius 1 is 1.29 bits per heavy atom. The molecule has 2 aromatic rings. The van der Waals surface area contributed by atoms with E-state index in [0.717, 1.165) is 56.6 Å². The Labute approximate surface area is 204 Å². The lowest BCUT2D eigenvalue weighted by Gasteiger charge is -2.35. The zero-order valence-corrected chi connectivity index (χ0v) is 20.4. The van der Waals surface area contributed by atoms with Crippen LogP contribution >= 0.6 is 0 Å². The molecule has 1 fully saturated rings. The summed E-state index contributed by atoms with van der Waals surface area (Å²) >= 11 is 0. The number of H-pyrrole nitrogens is 1. The van der Waals surface area contributed by atoms with Gasteiger partial charge >= 0.3 is 5.97 Å². The van der Waals surface area contributed by atoms with E-state index in [1.807, 2.05) is 0 Å². The van der Waals surface area contributed by atoms with Crippen LogP contribution in [0.3, 0.4) is 0 Å². The Balaban J connectivity index is 1.18. The van der Waals surface area contributed by atoms with E-state index in [0.29, 0.717) is 22.7 Å². The summed E-state index contributed by atoms with van der Waals surface area (Å²) in [5.41, 5.74) is 3.34. The first-order valence-corrected chi connectivity index (χ1v) is 12.4. The highest BCUT2D eigenvalue weighted by Crippen LogP contribution is 2.34. The number of hydrogen-bond acceptors (Lipinski definition) is 6. The molecule has 4 N–H and O–H groups in total. The number of carboxylic acids is 1. The number of pyridine rings is 2. The number of hydrogen-bond donors (Lipinski definition) is 4. The van der Waals surface area contributed by atoms with Crippen molar-refractivity contribution in [1.82, 2.24) is 15.3 Å². The van der Waals surface area contributed by atoms with Crippen molar-refractivity contribution in [2.45, 2.75) is 70.9 Å². The number of amides is 1. The second kappa shape index (κ2) is 11.0. The normalized spacial score (nSPS) is 19.7. The number of ether oxygens (including phenoxy) is 1. The topological polar surface area (TPSA) is 133 Å². The molecule has 35 heavy (non-hydrogen) atoms. The first kappa shape index (κ1) is 24.9. The molecule has 0 spiro atoms. The van der Waals surface area contributed by atoms with Crippen molar-refractivity contribution in [2.24, 2.45) is 5.92 Å². The van der Waals surface area contributed by atoms with E-state index in [9.17, 15) is 19.5 Å². The maximum absolute atomic E-state index is 12.6. The predicted octanol–water partition coefficient (Wildman–Crippen LogP) is 2.75. The van der Waals surface area contributed by atoms with Gasteiger partial charge in [-0.15, -0.1) is 0 Å². The van der Waals surface area contributed by atoms with E-state index in [2.05, 4.69) is 27.8 Å². The van der Waals surface area contributed by atoms with Crippen molar-refractivity contribution in [3.05, 3.63) is 56.6 Å². The molecule has 0 radical (unpaired) electrons. The number of carboxylic acid groups (broad SMARTS) is 1. The van der Waals surface area contributed by atoms with Gasteiger partial charge in [-0.25, -0.2) is 9.78 Å². The van der Waals surface area contributed by atoms with Crippen LogP contribution in [0.4, 0.5) is 5.82 Å². The molecule has 0 aromatic carbocycles. The van der Waals surface area contributed by atoms with E-state index in [4.69, 9.17) is 9.72 Å². The number of aromatic amines is 1. The van der Waals surface area contributed by atoms with Crippen LogP contribution in [0, 0.1) is 19.8 Å². The zero-order chi connectivity index (χ0) is 24.9. The Morgan fingerprint density at radius 3 is 2.83 bits per heavy atom. The van der Waals surface area contributed by atoms with Crippen LogP contribution in [0.1, 0.15) is 65.0 Å². The molecule has 188 valence electrons. The minimum atomic E-state index is -1.11. The summed E-state index contributed by atoms with van der Waals surface area (Å²) in [6.07, 6.45) is 6.50. The molecule has 3 heterocycles. The molecule has 9 nitrogen and oxygen atoms in total. The Hall–Kier alpha value is -3.20. The highest BCUT2D eigenvalue weighted by molar-refractivity contribution is 5.98. The third-order valence-corrected chi connectivity index (χ3v) is 6.97.